The highest BCUT2D eigenvalue weighted by molar-refractivity contribution is 5.94. The van der Waals surface area contributed by atoms with Gasteiger partial charge in [-0.15, -0.1) is 0 Å². The van der Waals surface area contributed by atoms with Crippen molar-refractivity contribution in [3.05, 3.63) is 59.2 Å². The Kier molecular flexibility index (Phi) is 6.71. The number of amides is 1. The number of halogens is 3. The van der Waals surface area contributed by atoms with Crippen LogP contribution in [0.2, 0.25) is 0 Å². The van der Waals surface area contributed by atoms with Crippen LogP contribution in [0.5, 0.6) is 11.5 Å². The molecule has 1 atom stereocenters. The van der Waals surface area contributed by atoms with Gasteiger partial charge in [-0.2, -0.15) is 13.2 Å². The van der Waals surface area contributed by atoms with Gasteiger partial charge in [0.25, 0.3) is 5.91 Å². The summed E-state index contributed by atoms with van der Waals surface area (Å²) >= 11 is 0. The fourth-order valence-electron chi connectivity index (χ4n) is 2.54. The summed E-state index contributed by atoms with van der Waals surface area (Å²) < 4.78 is 49.5. The molecule has 0 unspecified atom stereocenters. The summed E-state index contributed by atoms with van der Waals surface area (Å²) in [5.41, 5.74) is -0.155. The molecule has 0 saturated carbocycles. The lowest BCUT2D eigenvalue weighted by Gasteiger charge is -2.18. The van der Waals surface area contributed by atoms with Gasteiger partial charge in [-0.1, -0.05) is 12.1 Å². The van der Waals surface area contributed by atoms with Crippen LogP contribution >= 0.6 is 0 Å². The summed E-state index contributed by atoms with van der Waals surface area (Å²) in [5, 5.41) is 2.71. The number of alkyl halides is 3. The lowest BCUT2D eigenvalue weighted by Crippen LogP contribution is -2.27. The first-order valence-corrected chi connectivity index (χ1v) is 8.63. The van der Waals surface area contributed by atoms with E-state index < -0.39 is 23.7 Å². The lowest BCUT2D eigenvalue weighted by molar-refractivity contribution is -0.137. The maximum Gasteiger partial charge on any atom is 0.416 e. The van der Waals surface area contributed by atoms with Crippen LogP contribution in [0, 0.1) is 0 Å². The van der Waals surface area contributed by atoms with Crippen LogP contribution in [0.25, 0.3) is 0 Å². The Balaban J connectivity index is 2.18. The zero-order valence-corrected chi connectivity index (χ0v) is 15.4. The van der Waals surface area contributed by atoms with Crippen molar-refractivity contribution in [3.63, 3.8) is 0 Å². The predicted octanol–water partition coefficient (Wildman–Crippen LogP) is 4.99. The zero-order valence-electron chi connectivity index (χ0n) is 15.4. The first kappa shape index (κ1) is 20.6. The van der Waals surface area contributed by atoms with Crippen molar-refractivity contribution in [3.8, 4) is 11.5 Å². The SMILES string of the molecule is CCOc1ccc([C@H](C)NC(=O)c2cccc(C(F)(F)F)c2)cc1OCC. The van der Waals surface area contributed by atoms with Crippen molar-refractivity contribution in [2.24, 2.45) is 0 Å². The standard InChI is InChI=1S/C20H22F3NO3/c1-4-26-17-10-9-14(12-18(17)27-5-2)13(3)24-19(25)15-7-6-8-16(11-15)20(21,22)23/h6-13H,4-5H2,1-3H3,(H,24,25)/t13-/m0/s1. The number of carbonyl (C=O) groups excluding carboxylic acids is 1. The van der Waals surface area contributed by atoms with Crippen LogP contribution in [0.3, 0.4) is 0 Å². The van der Waals surface area contributed by atoms with Gasteiger partial charge in [-0.3, -0.25) is 4.79 Å². The summed E-state index contributed by atoms with van der Waals surface area (Å²) in [4.78, 5) is 12.4. The molecule has 2 aromatic carbocycles. The van der Waals surface area contributed by atoms with Gasteiger partial charge in [0.15, 0.2) is 11.5 Å². The van der Waals surface area contributed by atoms with Gasteiger partial charge in [-0.25, -0.2) is 0 Å². The minimum atomic E-state index is -4.50. The van der Waals surface area contributed by atoms with Gasteiger partial charge in [0, 0.05) is 5.56 Å². The average molecular weight is 381 g/mol. The van der Waals surface area contributed by atoms with E-state index in [1.807, 2.05) is 13.8 Å². The molecule has 146 valence electrons. The average Bonchev–Trinajstić information content (AvgIpc) is 2.63. The minimum Gasteiger partial charge on any atom is -0.490 e. The van der Waals surface area contributed by atoms with Crippen LogP contribution in [0.4, 0.5) is 13.2 Å². The first-order chi connectivity index (χ1) is 12.8. The van der Waals surface area contributed by atoms with Crippen LogP contribution < -0.4 is 14.8 Å². The first-order valence-electron chi connectivity index (χ1n) is 8.63. The normalized spacial score (nSPS) is 12.4. The molecule has 4 nitrogen and oxygen atoms in total. The third-order valence-corrected chi connectivity index (χ3v) is 3.87. The van der Waals surface area contributed by atoms with E-state index in [0.29, 0.717) is 24.7 Å². The molecule has 0 fully saturated rings. The summed E-state index contributed by atoms with van der Waals surface area (Å²) in [6, 6.07) is 9.19. The smallest absolute Gasteiger partial charge is 0.416 e. The highest BCUT2D eigenvalue weighted by Gasteiger charge is 2.31. The Morgan fingerprint density at radius 1 is 1.04 bits per heavy atom. The largest absolute Gasteiger partial charge is 0.490 e. The number of nitrogens with one attached hydrogen (secondary N) is 1. The molecule has 27 heavy (non-hydrogen) atoms. The molecule has 0 saturated heterocycles. The Bertz CT molecular complexity index is 790. The van der Waals surface area contributed by atoms with Crippen molar-refractivity contribution >= 4 is 5.91 Å². The van der Waals surface area contributed by atoms with Crippen molar-refractivity contribution in [2.45, 2.75) is 33.0 Å². The van der Waals surface area contributed by atoms with E-state index in [0.717, 1.165) is 17.7 Å². The Labute approximate surface area is 156 Å². The second kappa shape index (κ2) is 8.79. The molecule has 0 aliphatic rings. The highest BCUT2D eigenvalue weighted by Crippen LogP contribution is 2.31. The quantitative estimate of drug-likeness (QED) is 0.735. The lowest BCUT2D eigenvalue weighted by atomic mass is 10.1. The van der Waals surface area contributed by atoms with E-state index in [1.165, 1.54) is 12.1 Å². The Hall–Kier alpha value is -2.70. The van der Waals surface area contributed by atoms with Crippen LogP contribution in [0.1, 0.15) is 48.3 Å². The molecule has 0 aliphatic heterocycles. The van der Waals surface area contributed by atoms with Crippen molar-refractivity contribution in [1.82, 2.24) is 5.32 Å². The zero-order chi connectivity index (χ0) is 20.0. The molecule has 0 spiro atoms. The molecule has 0 aliphatic carbocycles. The summed E-state index contributed by atoms with van der Waals surface area (Å²) in [6.45, 7) is 6.40. The van der Waals surface area contributed by atoms with Crippen molar-refractivity contribution in [2.75, 3.05) is 13.2 Å². The van der Waals surface area contributed by atoms with Gasteiger partial charge in [0.1, 0.15) is 0 Å². The molecular weight excluding hydrogens is 359 g/mol. The monoisotopic (exact) mass is 381 g/mol. The number of hydrogen-bond acceptors (Lipinski definition) is 3. The second-order valence-corrected chi connectivity index (χ2v) is 5.85. The summed E-state index contributed by atoms with van der Waals surface area (Å²) in [5.74, 6) is 0.567. The van der Waals surface area contributed by atoms with Gasteiger partial charge in [-0.05, 0) is 56.7 Å². The Morgan fingerprint density at radius 3 is 2.33 bits per heavy atom. The number of carbonyl (C=O) groups is 1. The number of rotatable bonds is 7. The topological polar surface area (TPSA) is 47.6 Å². The maximum absolute atomic E-state index is 12.8. The number of ether oxygens (including phenoxy) is 2. The molecule has 7 heteroatoms. The van der Waals surface area contributed by atoms with Crippen LogP contribution in [-0.4, -0.2) is 19.1 Å². The number of benzene rings is 2. The Morgan fingerprint density at radius 2 is 1.70 bits per heavy atom. The second-order valence-electron chi connectivity index (χ2n) is 5.85. The molecule has 2 aromatic rings. The number of hydrogen-bond donors (Lipinski definition) is 1. The third-order valence-electron chi connectivity index (χ3n) is 3.87. The third kappa shape index (κ3) is 5.39. The molecule has 0 radical (unpaired) electrons. The molecule has 1 amide bonds. The van der Waals surface area contributed by atoms with E-state index in [9.17, 15) is 18.0 Å². The van der Waals surface area contributed by atoms with Gasteiger partial charge < -0.3 is 14.8 Å². The van der Waals surface area contributed by atoms with E-state index in [1.54, 1.807) is 25.1 Å². The minimum absolute atomic E-state index is 0.0485. The van der Waals surface area contributed by atoms with E-state index in [-0.39, 0.29) is 5.56 Å². The summed E-state index contributed by atoms with van der Waals surface area (Å²) in [6.07, 6.45) is -4.50. The molecule has 1 N–H and O–H groups in total. The van der Waals surface area contributed by atoms with Crippen molar-refractivity contribution < 1.29 is 27.4 Å². The molecule has 0 bridgehead atoms. The van der Waals surface area contributed by atoms with Crippen LogP contribution in [0.15, 0.2) is 42.5 Å². The van der Waals surface area contributed by atoms with Gasteiger partial charge in [0.05, 0.1) is 24.8 Å². The van der Waals surface area contributed by atoms with Crippen molar-refractivity contribution in [1.29, 1.82) is 0 Å². The molecule has 0 aromatic heterocycles. The van der Waals surface area contributed by atoms with Gasteiger partial charge in [0.2, 0.25) is 0 Å². The predicted molar refractivity (Wildman–Crippen MR) is 96.1 cm³/mol. The van der Waals surface area contributed by atoms with Crippen LogP contribution in [-0.2, 0) is 6.18 Å². The highest BCUT2D eigenvalue weighted by atomic mass is 19.4. The molecule has 2 rings (SSSR count). The summed E-state index contributed by atoms with van der Waals surface area (Å²) in [7, 11) is 0. The fraction of sp³-hybridized carbons (Fsp3) is 0.350. The molecule has 0 heterocycles. The molecular formula is C20H22F3NO3. The van der Waals surface area contributed by atoms with E-state index in [2.05, 4.69) is 5.32 Å². The van der Waals surface area contributed by atoms with Gasteiger partial charge >= 0.3 is 6.18 Å². The fourth-order valence-corrected chi connectivity index (χ4v) is 2.54. The van der Waals surface area contributed by atoms with E-state index in [4.69, 9.17) is 9.47 Å². The van der Waals surface area contributed by atoms with E-state index >= 15 is 0 Å². The maximum atomic E-state index is 12.8.